The third kappa shape index (κ3) is 12.8. The normalized spacial score (nSPS) is 20.6. The molecule has 5 rings (SSSR count). The van der Waals surface area contributed by atoms with E-state index in [1.165, 1.54) is 11.8 Å². The highest BCUT2D eigenvalue weighted by Crippen LogP contribution is 2.32. The van der Waals surface area contributed by atoms with Crippen molar-refractivity contribution in [2.75, 3.05) is 19.0 Å². The van der Waals surface area contributed by atoms with Gasteiger partial charge in [0.25, 0.3) is 0 Å². The van der Waals surface area contributed by atoms with Crippen LogP contribution in [0.3, 0.4) is 0 Å². The molecule has 0 radical (unpaired) electrons. The lowest BCUT2D eigenvalue weighted by Crippen LogP contribution is -2.61. The number of thioether (sulfide) groups is 1. The van der Waals surface area contributed by atoms with Crippen LogP contribution in [0.15, 0.2) is 121 Å². The van der Waals surface area contributed by atoms with E-state index in [1.807, 2.05) is 97.1 Å². The Morgan fingerprint density at radius 3 is 1.55 bits per heavy atom. The van der Waals surface area contributed by atoms with Crippen molar-refractivity contribution >= 4 is 16.9 Å². The molecule has 1 fully saturated rings. The van der Waals surface area contributed by atoms with Crippen LogP contribution >= 0.6 is 11.8 Å². The van der Waals surface area contributed by atoms with E-state index in [4.69, 9.17) is 28.4 Å². The summed E-state index contributed by atoms with van der Waals surface area (Å²) in [4.78, 5) is 11.3. The Balaban J connectivity index is 1.38. The van der Waals surface area contributed by atoms with Crippen LogP contribution in [-0.4, -0.2) is 54.8 Å². The van der Waals surface area contributed by atoms with Gasteiger partial charge >= 0.3 is 0 Å². The average Bonchev–Trinajstić information content (AvgIpc) is 3.14. The molecule has 49 heavy (non-hydrogen) atoms. The van der Waals surface area contributed by atoms with E-state index in [-0.39, 0.29) is 11.7 Å². The van der Waals surface area contributed by atoms with Crippen molar-refractivity contribution in [2.24, 2.45) is 0 Å². The van der Waals surface area contributed by atoms with Gasteiger partial charge in [-0.05, 0) is 35.1 Å². The fraction of sp³-hybridized carbons (Fsp3) is 0.390. The maximum Gasteiger partial charge on any atom is 0.186 e. The highest BCUT2D eigenvalue weighted by atomic mass is 32.2. The van der Waals surface area contributed by atoms with Crippen molar-refractivity contribution in [3.8, 4) is 0 Å². The first kappa shape index (κ1) is 36.9. The molecule has 1 heterocycles. The molecule has 1 saturated heterocycles. The molecule has 5 atom stereocenters. The molecule has 4 aromatic rings. The number of benzene rings is 4. The highest BCUT2D eigenvalue weighted by Gasteiger charge is 2.49. The van der Waals surface area contributed by atoms with Gasteiger partial charge in [-0.25, -0.2) is 0 Å². The van der Waals surface area contributed by atoms with Crippen LogP contribution in [-0.2, 0) is 59.6 Å². The van der Waals surface area contributed by atoms with Crippen LogP contribution in [0.4, 0.5) is 0 Å². The molecule has 0 N–H and O–H groups in total. The first-order valence-electron chi connectivity index (χ1n) is 17.1. The quantitative estimate of drug-likeness (QED) is 0.0865. The number of ether oxygens (including phenoxy) is 6. The Bertz CT molecular complexity index is 1460. The van der Waals surface area contributed by atoms with Gasteiger partial charge in [0.05, 0.1) is 33.0 Å². The molecule has 0 unspecified atom stereocenters. The van der Waals surface area contributed by atoms with E-state index >= 15 is 0 Å². The minimum Gasteiger partial charge on any atom is -0.374 e. The lowest BCUT2D eigenvalue weighted by atomic mass is 9.97. The molecule has 0 aliphatic carbocycles. The van der Waals surface area contributed by atoms with Crippen LogP contribution in [0.5, 0.6) is 0 Å². The molecule has 1 aliphatic heterocycles. The Morgan fingerprint density at radius 2 is 1.04 bits per heavy atom. The predicted octanol–water partition coefficient (Wildman–Crippen LogP) is 8.15. The summed E-state index contributed by atoms with van der Waals surface area (Å²) < 4.78 is 39.7. The minimum absolute atomic E-state index is 0.149. The Morgan fingerprint density at radius 1 is 0.571 bits per heavy atom. The first-order valence-corrected chi connectivity index (χ1v) is 18.1. The van der Waals surface area contributed by atoms with E-state index < -0.39 is 30.7 Å². The monoisotopic (exact) mass is 684 g/mol. The number of hydrogen-bond acceptors (Lipinski definition) is 8. The van der Waals surface area contributed by atoms with Crippen molar-refractivity contribution < 1.29 is 33.2 Å². The average molecular weight is 685 g/mol. The van der Waals surface area contributed by atoms with E-state index in [1.54, 1.807) is 6.92 Å². The van der Waals surface area contributed by atoms with Gasteiger partial charge in [-0.3, -0.25) is 4.79 Å². The zero-order chi connectivity index (χ0) is 33.9. The van der Waals surface area contributed by atoms with E-state index in [2.05, 4.69) is 24.3 Å². The van der Waals surface area contributed by atoms with Gasteiger partial charge in [-0.1, -0.05) is 140 Å². The number of carbonyl (C=O) groups excluding carboxylic acids is 1. The Kier molecular flexibility index (Phi) is 15.8. The maximum absolute atomic E-state index is 11.3. The third-order valence-corrected chi connectivity index (χ3v) is 9.12. The standard InChI is InChI=1S/C41H48O7S/c1-32(42)49-26-16-6-15-25-44-41-40(47-30-36-23-13-5-14-24-36)39(46-29-35-21-11-4-12-22-35)38(45-28-34-19-9-3-10-20-34)37(48-41)31-43-27-33-17-7-2-8-18-33/h2-5,7-14,17-24,37-41H,6,15-16,25-31H2,1H3/t37-,38-,39+,40-,41-/m1/s1. The summed E-state index contributed by atoms with van der Waals surface area (Å²) in [5.74, 6) is 0.814. The molecule has 0 aromatic heterocycles. The number of unbranched alkanes of at least 4 members (excludes halogenated alkanes) is 2. The van der Waals surface area contributed by atoms with Crippen LogP contribution in [0, 0.1) is 0 Å². The summed E-state index contributed by atoms with van der Waals surface area (Å²) in [6, 6.07) is 40.4. The fourth-order valence-corrected chi connectivity index (χ4v) is 6.31. The van der Waals surface area contributed by atoms with Gasteiger partial charge in [0.1, 0.15) is 24.4 Å². The maximum atomic E-state index is 11.3. The smallest absolute Gasteiger partial charge is 0.186 e. The minimum atomic E-state index is -0.710. The van der Waals surface area contributed by atoms with Crippen molar-refractivity contribution in [3.05, 3.63) is 144 Å². The molecular formula is C41H48O7S. The van der Waals surface area contributed by atoms with E-state index in [0.717, 1.165) is 47.3 Å². The SMILES string of the molecule is CC(=O)SCCCCCO[C@@H]1O[C@H](COCc2ccccc2)[C@@H](OCc2ccccc2)[C@H](OCc2ccccc2)[C@H]1OCc1ccccc1. The second kappa shape index (κ2) is 21.0. The second-order valence-electron chi connectivity index (χ2n) is 12.1. The van der Waals surface area contributed by atoms with Crippen molar-refractivity contribution in [1.29, 1.82) is 0 Å². The molecule has 7 nitrogen and oxygen atoms in total. The van der Waals surface area contributed by atoms with E-state index in [9.17, 15) is 4.79 Å². The summed E-state index contributed by atoms with van der Waals surface area (Å²) in [6.07, 6.45) is -0.0809. The topological polar surface area (TPSA) is 72.5 Å². The summed E-state index contributed by atoms with van der Waals surface area (Å²) in [6.45, 7) is 3.94. The molecule has 0 amide bonds. The first-order chi connectivity index (χ1) is 24.2. The summed E-state index contributed by atoms with van der Waals surface area (Å²) >= 11 is 1.37. The van der Waals surface area contributed by atoms with Crippen LogP contribution in [0.1, 0.15) is 48.4 Å². The molecule has 0 spiro atoms. The number of carbonyl (C=O) groups is 1. The lowest BCUT2D eigenvalue weighted by molar-refractivity contribution is -0.328. The molecule has 0 saturated carbocycles. The molecule has 1 aliphatic rings. The van der Waals surface area contributed by atoms with Gasteiger partial charge in [0.15, 0.2) is 11.4 Å². The van der Waals surface area contributed by atoms with Crippen molar-refractivity contribution in [2.45, 2.75) is 83.3 Å². The molecule has 260 valence electrons. The molecular weight excluding hydrogens is 637 g/mol. The highest BCUT2D eigenvalue weighted by molar-refractivity contribution is 8.13. The van der Waals surface area contributed by atoms with Crippen molar-refractivity contribution in [1.82, 2.24) is 0 Å². The largest absolute Gasteiger partial charge is 0.374 e. The third-order valence-electron chi connectivity index (χ3n) is 8.22. The second-order valence-corrected chi connectivity index (χ2v) is 13.4. The lowest BCUT2D eigenvalue weighted by Gasteiger charge is -2.46. The summed E-state index contributed by atoms with van der Waals surface area (Å²) in [5, 5.41) is 0.149. The van der Waals surface area contributed by atoms with Crippen molar-refractivity contribution in [3.63, 3.8) is 0 Å². The zero-order valence-corrected chi connectivity index (χ0v) is 29.1. The van der Waals surface area contributed by atoms with Crippen LogP contribution in [0.2, 0.25) is 0 Å². The Hall–Kier alpha value is -3.34. The van der Waals surface area contributed by atoms with Gasteiger partial charge < -0.3 is 28.4 Å². The van der Waals surface area contributed by atoms with Gasteiger partial charge in [-0.2, -0.15) is 0 Å². The molecule has 4 aromatic carbocycles. The summed E-state index contributed by atoms with van der Waals surface area (Å²) in [7, 11) is 0. The Labute approximate surface area is 295 Å². The van der Waals surface area contributed by atoms with Gasteiger partial charge in [-0.15, -0.1) is 0 Å². The molecule has 8 heteroatoms. The fourth-order valence-electron chi connectivity index (χ4n) is 5.68. The summed E-state index contributed by atoms with van der Waals surface area (Å²) in [5.41, 5.74) is 4.23. The van der Waals surface area contributed by atoms with E-state index in [0.29, 0.717) is 33.0 Å². The van der Waals surface area contributed by atoms with Gasteiger partial charge in [0, 0.05) is 19.3 Å². The zero-order valence-electron chi connectivity index (χ0n) is 28.3. The van der Waals surface area contributed by atoms with Gasteiger partial charge in [0.2, 0.25) is 0 Å². The predicted molar refractivity (Wildman–Crippen MR) is 193 cm³/mol. The number of rotatable bonds is 20. The number of hydrogen-bond donors (Lipinski definition) is 0. The van der Waals surface area contributed by atoms with Crippen LogP contribution < -0.4 is 0 Å². The van der Waals surface area contributed by atoms with Crippen LogP contribution in [0.25, 0.3) is 0 Å². The molecule has 0 bridgehead atoms.